The Morgan fingerprint density at radius 1 is 0.524 bits per heavy atom. The molecule has 27 heteroatoms. The molecule has 84 heavy (non-hydrogen) atoms. The molecule has 4 aliphatic carbocycles. The number of fused-ring (bicyclic) bond motifs is 7. The molecule has 484 valence electrons. The molecule has 0 amide bonds. The van der Waals surface area contributed by atoms with E-state index in [0.29, 0.717) is 24.8 Å². The van der Waals surface area contributed by atoms with Crippen molar-refractivity contribution in [1.82, 2.24) is 0 Å². The number of hydrogen-bond acceptors (Lipinski definition) is 27. The van der Waals surface area contributed by atoms with E-state index in [-0.39, 0.29) is 66.5 Å². The summed E-state index contributed by atoms with van der Waals surface area (Å²) >= 11 is 0. The summed E-state index contributed by atoms with van der Waals surface area (Å²) in [6.45, 7) is 13.9. The lowest BCUT2D eigenvalue weighted by Gasteiger charge is -2.63. The zero-order valence-corrected chi connectivity index (χ0v) is 48.5. The molecular weight excluding hydrogens is 1120 g/mol. The van der Waals surface area contributed by atoms with Crippen molar-refractivity contribution < 1.29 is 134 Å². The molecule has 10 aliphatic rings. The molecule has 4 saturated carbocycles. The summed E-state index contributed by atoms with van der Waals surface area (Å²) in [5.74, 6) is -1.47. The normalized spacial score (nSPS) is 56.7. The van der Waals surface area contributed by atoms with Crippen molar-refractivity contribution in [3.8, 4) is 0 Å². The van der Waals surface area contributed by atoms with Crippen LogP contribution in [0.1, 0.15) is 99.3 Å². The van der Waals surface area contributed by atoms with E-state index in [1.807, 2.05) is 6.92 Å². The van der Waals surface area contributed by atoms with Gasteiger partial charge in [0.15, 0.2) is 37.2 Å². The first-order chi connectivity index (χ1) is 39.6. The minimum Gasteiger partial charge on any atom is -0.394 e. The van der Waals surface area contributed by atoms with Crippen LogP contribution in [0.25, 0.3) is 0 Å². The predicted molar refractivity (Wildman–Crippen MR) is 281 cm³/mol. The van der Waals surface area contributed by atoms with Gasteiger partial charge in [-0.1, -0.05) is 32.9 Å². The van der Waals surface area contributed by atoms with E-state index in [9.17, 15) is 81.7 Å². The van der Waals surface area contributed by atoms with Crippen molar-refractivity contribution in [2.45, 2.75) is 277 Å². The Hall–Kier alpha value is -1.34. The van der Waals surface area contributed by atoms with Crippen molar-refractivity contribution in [3.63, 3.8) is 0 Å². The van der Waals surface area contributed by atoms with E-state index in [4.69, 9.17) is 52.1 Å². The van der Waals surface area contributed by atoms with Crippen LogP contribution in [0, 0.1) is 46.3 Å². The van der Waals surface area contributed by atoms with Crippen LogP contribution in [0.5, 0.6) is 0 Å². The maximum atomic E-state index is 12.3. The molecule has 0 spiro atoms. The van der Waals surface area contributed by atoms with Gasteiger partial charge >= 0.3 is 0 Å². The highest BCUT2D eigenvalue weighted by Gasteiger charge is 2.70. The van der Waals surface area contributed by atoms with E-state index in [2.05, 4.69) is 20.4 Å². The lowest BCUT2D eigenvalue weighted by Crippen LogP contribution is -2.65. The van der Waals surface area contributed by atoms with E-state index in [1.54, 1.807) is 13.8 Å². The Morgan fingerprint density at radius 2 is 1.02 bits per heavy atom. The van der Waals surface area contributed by atoms with Crippen molar-refractivity contribution in [3.05, 3.63) is 12.2 Å². The summed E-state index contributed by atoms with van der Waals surface area (Å²) in [7, 11) is 0. The second-order valence-corrected chi connectivity index (χ2v) is 26.7. The van der Waals surface area contributed by atoms with Gasteiger partial charge < -0.3 is 134 Å². The Labute approximate surface area is 487 Å². The van der Waals surface area contributed by atoms with Crippen LogP contribution in [-0.4, -0.2) is 279 Å². The quantitative estimate of drug-likeness (QED) is 0.0515. The molecule has 37 atom stereocenters. The van der Waals surface area contributed by atoms with Crippen LogP contribution in [-0.2, 0) is 52.1 Å². The van der Waals surface area contributed by atoms with Crippen molar-refractivity contribution >= 4 is 0 Å². The second-order valence-electron chi connectivity index (χ2n) is 26.7. The molecule has 6 aliphatic heterocycles. The van der Waals surface area contributed by atoms with Gasteiger partial charge in [-0.05, 0) is 106 Å². The summed E-state index contributed by atoms with van der Waals surface area (Å²) < 4.78 is 67.2. The minimum absolute atomic E-state index is 0.00347. The van der Waals surface area contributed by atoms with E-state index < -0.39 is 190 Å². The van der Waals surface area contributed by atoms with Crippen LogP contribution in [0.15, 0.2) is 12.2 Å². The van der Waals surface area contributed by atoms with Gasteiger partial charge in [-0.2, -0.15) is 0 Å². The maximum absolute atomic E-state index is 12.3. The van der Waals surface area contributed by atoms with E-state index in [0.717, 1.165) is 25.7 Å². The number of aliphatic hydroxyl groups excluding tert-OH is 15. The number of hydrogen-bond donors (Lipinski definition) is 16. The van der Waals surface area contributed by atoms with E-state index >= 15 is 0 Å². The summed E-state index contributed by atoms with van der Waals surface area (Å²) in [5.41, 5.74) is -0.293. The average molecular weight is 1210 g/mol. The predicted octanol–water partition coefficient (Wildman–Crippen LogP) is -4.16. The molecule has 6 heterocycles. The third kappa shape index (κ3) is 11.6. The van der Waals surface area contributed by atoms with Crippen molar-refractivity contribution in [2.75, 3.05) is 19.8 Å². The SMILES string of the molecule is C=C(CC[C@@]1(O)O[C@H]2C[C@H]3[C@@H]4CC[C@@H]5C[C@@H](O[C@@H]6O[C@@H](C)[C@H](O[C@@H]7O[C@H](CO)[C@@H](O)[C@H](O)[C@H]7O)[C@@H](O)[C@H]6O)C[C@@H](O[C@@H]6O[C@H](C)[C@@H](O[C@@H]7O[C@@H](C)[C@H](O)[C@@H](O)[C@H]7O)[C@H](O)[C@H]6O)[C@]5(C)[C@H]4CC[C@]3(C)[C@H]2[C@@H]1C)CO[C@@H]1O[C@H](CO)[C@@H](O)[C@H](O)[C@H]1O. The first-order valence-corrected chi connectivity index (χ1v) is 30.2. The van der Waals surface area contributed by atoms with Crippen LogP contribution >= 0.6 is 0 Å². The molecular formula is C57H94O27. The summed E-state index contributed by atoms with van der Waals surface area (Å²) in [6.07, 6.45) is -33.3. The van der Waals surface area contributed by atoms with Gasteiger partial charge in [0.05, 0.1) is 56.4 Å². The molecule has 16 N–H and O–H groups in total. The van der Waals surface area contributed by atoms with Crippen LogP contribution < -0.4 is 0 Å². The number of rotatable bonds is 16. The molecule has 0 radical (unpaired) electrons. The summed E-state index contributed by atoms with van der Waals surface area (Å²) in [5, 5.41) is 172. The van der Waals surface area contributed by atoms with Gasteiger partial charge in [-0.15, -0.1) is 0 Å². The van der Waals surface area contributed by atoms with Gasteiger partial charge in [0.2, 0.25) is 0 Å². The average Bonchev–Trinajstić information content (AvgIpc) is 3.35. The second kappa shape index (κ2) is 25.4. The Kier molecular flexibility index (Phi) is 19.8. The Bertz CT molecular complexity index is 2220. The third-order valence-corrected chi connectivity index (χ3v) is 21.9. The zero-order valence-electron chi connectivity index (χ0n) is 48.5. The molecule has 10 rings (SSSR count). The fourth-order valence-corrected chi connectivity index (χ4v) is 17.0. The first-order valence-electron chi connectivity index (χ1n) is 30.2. The third-order valence-electron chi connectivity index (χ3n) is 21.9. The topological polar surface area (TPSA) is 425 Å². The Morgan fingerprint density at radius 3 is 1.61 bits per heavy atom. The summed E-state index contributed by atoms with van der Waals surface area (Å²) in [6, 6.07) is 0. The molecule has 0 aromatic carbocycles. The van der Waals surface area contributed by atoms with Gasteiger partial charge in [0, 0.05) is 18.8 Å². The van der Waals surface area contributed by atoms with Gasteiger partial charge in [0.25, 0.3) is 0 Å². The molecule has 6 saturated heterocycles. The highest BCUT2D eigenvalue weighted by Crippen LogP contribution is 2.71. The largest absolute Gasteiger partial charge is 0.394 e. The molecule has 0 aromatic heterocycles. The lowest BCUT2D eigenvalue weighted by atomic mass is 9.43. The smallest absolute Gasteiger partial charge is 0.187 e. The molecule has 27 nitrogen and oxygen atoms in total. The lowest BCUT2D eigenvalue weighted by molar-refractivity contribution is -0.371. The fraction of sp³-hybridized carbons (Fsp3) is 0.965. The first kappa shape index (κ1) is 65.6. The Balaban J connectivity index is 0.838. The number of ether oxygens (including phenoxy) is 11. The highest BCUT2D eigenvalue weighted by atomic mass is 16.8. The summed E-state index contributed by atoms with van der Waals surface area (Å²) in [4.78, 5) is 0. The highest BCUT2D eigenvalue weighted by molar-refractivity contribution is 5.17. The fourth-order valence-electron chi connectivity index (χ4n) is 17.0. The van der Waals surface area contributed by atoms with E-state index in [1.165, 1.54) is 6.92 Å². The van der Waals surface area contributed by atoms with Gasteiger partial charge in [-0.25, -0.2) is 0 Å². The molecule has 0 bridgehead atoms. The monoisotopic (exact) mass is 1210 g/mol. The van der Waals surface area contributed by atoms with Crippen LogP contribution in [0.2, 0.25) is 0 Å². The van der Waals surface area contributed by atoms with Crippen molar-refractivity contribution in [2.24, 2.45) is 46.3 Å². The van der Waals surface area contributed by atoms with Gasteiger partial charge in [0.1, 0.15) is 104 Å². The maximum Gasteiger partial charge on any atom is 0.187 e. The standard InChI is InChI=1S/C57H94O27/c1-20(19-74-50-43(68)39(64)36(61)31(17-58)79-50)10-13-57(73)21(2)34-30(84-57)16-29-27-9-8-25-14-26(78-51-46(71)41(66)49(23(4)76-51)83-54-45(70)40(65)37(62)32(18-59)80-54)15-33(56(25,7)28(27)11-12-55(29,34)6)81-52-47(72)42(67)48(24(5)77-52)82-53-44(69)38(63)35(60)22(3)75-53/h21-54,58-73H,1,8-19H2,2-7H3/t21-,22-,23-,24+,25+,26+,27+,28-,29-,30-,31+,32+,33+,34-,35-,36+,37+,38+,39-,40-,41-,42+,43+,44+,45+,46+,47+,48+,49-,50+,51-,52-,53-,54-,55-,56-,57+/m0/s1. The molecule has 0 aromatic rings. The van der Waals surface area contributed by atoms with Crippen molar-refractivity contribution in [1.29, 1.82) is 0 Å². The van der Waals surface area contributed by atoms with Crippen LogP contribution in [0.4, 0.5) is 0 Å². The molecule has 10 fully saturated rings. The zero-order chi connectivity index (χ0) is 61.0. The van der Waals surface area contributed by atoms with Crippen LogP contribution in [0.3, 0.4) is 0 Å². The van der Waals surface area contributed by atoms with Gasteiger partial charge in [-0.3, -0.25) is 0 Å². The molecule has 0 unspecified atom stereocenters. The number of aliphatic hydroxyl groups is 16. The minimum atomic E-state index is -1.78.